The molecule has 2 rings (SSSR count). The van der Waals surface area contributed by atoms with E-state index in [9.17, 15) is 9.59 Å². The van der Waals surface area contributed by atoms with Gasteiger partial charge in [-0.15, -0.1) is 0 Å². The van der Waals surface area contributed by atoms with Crippen LogP contribution in [-0.2, 0) is 11.3 Å². The minimum absolute atomic E-state index is 0.0413. The molecule has 0 bridgehead atoms. The molecule has 2 amide bonds. The first kappa shape index (κ1) is 16.2. The molecule has 2 aromatic rings. The first-order chi connectivity index (χ1) is 10.6. The summed E-state index contributed by atoms with van der Waals surface area (Å²) >= 11 is 1.66. The normalized spacial score (nSPS) is 11.7. The Kier molecular flexibility index (Phi) is 5.68. The molecule has 1 atom stereocenters. The van der Waals surface area contributed by atoms with Crippen molar-refractivity contribution in [3.63, 3.8) is 0 Å². The fraction of sp³-hybridized carbons (Fsp3) is 0.250. The second kappa shape index (κ2) is 7.72. The molecule has 0 spiro atoms. The van der Waals surface area contributed by atoms with Crippen molar-refractivity contribution in [1.29, 1.82) is 0 Å². The number of amides is 2. The van der Waals surface area contributed by atoms with Gasteiger partial charge in [-0.05, 0) is 41.1 Å². The number of rotatable bonds is 6. The van der Waals surface area contributed by atoms with E-state index in [1.807, 2.05) is 12.4 Å². The van der Waals surface area contributed by atoms with Crippen LogP contribution in [0.5, 0.6) is 0 Å². The van der Waals surface area contributed by atoms with Gasteiger partial charge in [0.15, 0.2) is 6.54 Å². The Morgan fingerprint density at radius 2 is 1.91 bits per heavy atom. The van der Waals surface area contributed by atoms with Crippen LogP contribution in [0.2, 0.25) is 0 Å². The zero-order valence-electron chi connectivity index (χ0n) is 12.7. The molecule has 3 N–H and O–H groups in total. The summed E-state index contributed by atoms with van der Waals surface area (Å²) in [6.45, 7) is 1.22. The van der Waals surface area contributed by atoms with Gasteiger partial charge >= 0.3 is 0 Å². The summed E-state index contributed by atoms with van der Waals surface area (Å²) in [5, 5.41) is 9.54. The molecule has 1 heterocycles. The number of likely N-dealkylation sites (N-methyl/N-ethyl adjacent to an activating group) is 1. The smallest absolute Gasteiger partial charge is 0.279 e. The van der Waals surface area contributed by atoms with Gasteiger partial charge in [0.2, 0.25) is 0 Å². The Bertz CT molecular complexity index is 623. The van der Waals surface area contributed by atoms with E-state index in [1.54, 1.807) is 42.6 Å². The third kappa shape index (κ3) is 4.68. The Hall–Kier alpha value is -2.18. The average molecular weight is 318 g/mol. The molecule has 1 aromatic heterocycles. The topological polar surface area (TPSA) is 62.6 Å². The summed E-state index contributed by atoms with van der Waals surface area (Å²) in [5.41, 5.74) is 2.51. The Morgan fingerprint density at radius 1 is 1.18 bits per heavy atom. The minimum atomic E-state index is -0.141. The molecule has 0 fully saturated rings. The molecule has 5 nitrogen and oxygen atoms in total. The summed E-state index contributed by atoms with van der Waals surface area (Å²) in [6, 6.07) is 8.92. The molecule has 0 saturated carbocycles. The van der Waals surface area contributed by atoms with E-state index in [0.717, 1.165) is 11.4 Å². The van der Waals surface area contributed by atoms with Crippen LogP contribution in [0.25, 0.3) is 0 Å². The zero-order valence-corrected chi connectivity index (χ0v) is 13.5. The second-order valence-corrected chi connectivity index (χ2v) is 5.93. The standard InChI is InChI=1S/C16H19N3O2S/c1-17-16(21)13-3-5-14(6-4-13)18-15(20)10-19(2)9-12-7-8-22-11-12/h3-8,11H,9-10H2,1-2H3,(H,17,21)(H,18,20)/p+1. The number of quaternary nitrogens is 1. The van der Waals surface area contributed by atoms with Crippen LogP contribution in [0, 0.1) is 0 Å². The highest BCUT2D eigenvalue weighted by atomic mass is 32.1. The number of anilines is 1. The third-order valence-electron chi connectivity index (χ3n) is 3.21. The zero-order chi connectivity index (χ0) is 15.9. The molecule has 22 heavy (non-hydrogen) atoms. The fourth-order valence-corrected chi connectivity index (χ4v) is 2.80. The molecule has 0 aliphatic rings. The number of benzene rings is 1. The predicted molar refractivity (Wildman–Crippen MR) is 88.2 cm³/mol. The minimum Gasteiger partial charge on any atom is -0.355 e. The number of hydrogen-bond donors (Lipinski definition) is 3. The largest absolute Gasteiger partial charge is 0.355 e. The average Bonchev–Trinajstić information content (AvgIpc) is 2.99. The number of hydrogen-bond acceptors (Lipinski definition) is 3. The van der Waals surface area contributed by atoms with Gasteiger partial charge in [0.25, 0.3) is 11.8 Å². The van der Waals surface area contributed by atoms with E-state index in [4.69, 9.17) is 0 Å². The summed E-state index contributed by atoms with van der Waals surface area (Å²) in [4.78, 5) is 24.6. The van der Waals surface area contributed by atoms with Gasteiger partial charge in [0, 0.05) is 23.9 Å². The van der Waals surface area contributed by atoms with Gasteiger partial charge in [-0.3, -0.25) is 9.59 Å². The van der Waals surface area contributed by atoms with Crippen molar-refractivity contribution in [3.8, 4) is 0 Å². The summed E-state index contributed by atoms with van der Waals surface area (Å²) in [6.07, 6.45) is 0. The quantitative estimate of drug-likeness (QED) is 0.736. The lowest BCUT2D eigenvalue weighted by Crippen LogP contribution is -3.08. The van der Waals surface area contributed by atoms with Crippen LogP contribution in [-0.4, -0.2) is 32.5 Å². The molecule has 1 aromatic carbocycles. The van der Waals surface area contributed by atoms with Crippen LogP contribution in [0.15, 0.2) is 41.1 Å². The molecule has 6 heteroatoms. The van der Waals surface area contributed by atoms with E-state index in [2.05, 4.69) is 22.1 Å². The third-order valence-corrected chi connectivity index (χ3v) is 3.94. The highest BCUT2D eigenvalue weighted by molar-refractivity contribution is 7.07. The molecule has 1 unspecified atom stereocenters. The van der Waals surface area contributed by atoms with Crippen LogP contribution < -0.4 is 15.5 Å². The Morgan fingerprint density at radius 3 is 2.50 bits per heavy atom. The molecule has 116 valence electrons. The van der Waals surface area contributed by atoms with Crippen molar-refractivity contribution in [2.24, 2.45) is 0 Å². The maximum Gasteiger partial charge on any atom is 0.279 e. The van der Waals surface area contributed by atoms with Crippen LogP contribution >= 0.6 is 11.3 Å². The first-order valence-corrected chi connectivity index (χ1v) is 7.97. The van der Waals surface area contributed by atoms with Gasteiger partial charge in [0.1, 0.15) is 6.54 Å². The van der Waals surface area contributed by atoms with Crippen LogP contribution in [0.4, 0.5) is 5.69 Å². The Balaban J connectivity index is 1.85. The van der Waals surface area contributed by atoms with Gasteiger partial charge in [-0.25, -0.2) is 0 Å². The van der Waals surface area contributed by atoms with Crippen LogP contribution in [0.1, 0.15) is 15.9 Å². The SMILES string of the molecule is CNC(=O)c1ccc(NC(=O)C[NH+](C)Cc2ccsc2)cc1. The Labute approximate surface area is 134 Å². The van der Waals surface area contributed by atoms with Gasteiger partial charge in [-0.1, -0.05) is 0 Å². The molecule has 0 aliphatic heterocycles. The van der Waals surface area contributed by atoms with Crippen molar-refractivity contribution in [2.75, 3.05) is 26.0 Å². The lowest BCUT2D eigenvalue weighted by atomic mass is 10.2. The number of nitrogens with one attached hydrogen (secondary N) is 3. The van der Waals surface area contributed by atoms with Gasteiger partial charge in [0.05, 0.1) is 7.05 Å². The van der Waals surface area contributed by atoms with E-state index < -0.39 is 0 Å². The van der Waals surface area contributed by atoms with E-state index in [1.165, 1.54) is 5.56 Å². The van der Waals surface area contributed by atoms with Crippen LogP contribution in [0.3, 0.4) is 0 Å². The lowest BCUT2D eigenvalue weighted by Gasteiger charge is -2.13. The number of thiophene rings is 1. The molecular weight excluding hydrogens is 298 g/mol. The molecular formula is C16H20N3O2S+. The van der Waals surface area contributed by atoms with Crippen molar-refractivity contribution in [3.05, 3.63) is 52.2 Å². The fourth-order valence-electron chi connectivity index (χ4n) is 2.13. The van der Waals surface area contributed by atoms with E-state index in [0.29, 0.717) is 17.8 Å². The maximum absolute atomic E-state index is 12.0. The van der Waals surface area contributed by atoms with Crippen molar-refractivity contribution in [2.45, 2.75) is 6.54 Å². The summed E-state index contributed by atoms with van der Waals surface area (Å²) in [5.74, 6) is -0.182. The second-order valence-electron chi connectivity index (χ2n) is 5.15. The van der Waals surface area contributed by atoms with Crippen molar-refractivity contribution < 1.29 is 14.5 Å². The molecule has 0 saturated heterocycles. The predicted octanol–water partition coefficient (Wildman–Crippen LogP) is 0.761. The first-order valence-electron chi connectivity index (χ1n) is 7.03. The van der Waals surface area contributed by atoms with Gasteiger partial charge < -0.3 is 15.5 Å². The number of carbonyl (C=O) groups is 2. The van der Waals surface area contributed by atoms with Crippen molar-refractivity contribution >= 4 is 28.8 Å². The maximum atomic E-state index is 12.0. The highest BCUT2D eigenvalue weighted by Gasteiger charge is 2.11. The lowest BCUT2D eigenvalue weighted by molar-refractivity contribution is -0.885. The van der Waals surface area contributed by atoms with Gasteiger partial charge in [-0.2, -0.15) is 11.3 Å². The van der Waals surface area contributed by atoms with Crippen molar-refractivity contribution in [1.82, 2.24) is 5.32 Å². The van der Waals surface area contributed by atoms with E-state index in [-0.39, 0.29) is 11.8 Å². The molecule has 0 aliphatic carbocycles. The van der Waals surface area contributed by atoms with E-state index >= 15 is 0 Å². The highest BCUT2D eigenvalue weighted by Crippen LogP contribution is 2.09. The molecule has 0 radical (unpaired) electrons. The summed E-state index contributed by atoms with van der Waals surface area (Å²) in [7, 11) is 3.58. The summed E-state index contributed by atoms with van der Waals surface area (Å²) < 4.78 is 0. The number of carbonyl (C=O) groups excluding carboxylic acids is 2. The monoisotopic (exact) mass is 318 g/mol.